The van der Waals surface area contributed by atoms with Gasteiger partial charge in [-0.05, 0) is 18.6 Å². The Bertz CT molecular complexity index is 921. The third kappa shape index (κ3) is 2.36. The smallest absolute Gasteiger partial charge is 0.351 e. The normalized spacial score (nSPS) is 14.9. The van der Waals surface area contributed by atoms with Crippen molar-refractivity contribution in [3.05, 3.63) is 41.1 Å². The van der Waals surface area contributed by atoms with E-state index in [1.165, 1.54) is 6.33 Å². The van der Waals surface area contributed by atoms with E-state index in [4.69, 9.17) is 4.52 Å². The Morgan fingerprint density at radius 2 is 2.04 bits per heavy atom. The first-order chi connectivity index (χ1) is 11.4. The molecule has 0 N–H and O–H groups in total. The maximum Gasteiger partial charge on any atom is 0.417 e. The maximum atomic E-state index is 12.9. The van der Waals surface area contributed by atoms with Crippen LogP contribution >= 0.6 is 0 Å². The number of nitrogens with zero attached hydrogens (tertiary/aromatic N) is 5. The molecule has 6 nitrogen and oxygen atoms in total. The van der Waals surface area contributed by atoms with Gasteiger partial charge in [0.25, 0.3) is 5.71 Å². The zero-order chi connectivity index (χ0) is 16.9. The maximum absolute atomic E-state index is 12.9. The van der Waals surface area contributed by atoms with Gasteiger partial charge in [0, 0.05) is 31.4 Å². The summed E-state index contributed by atoms with van der Waals surface area (Å²) in [5.74, 6) is 0.613. The minimum atomic E-state index is -4.41. The Labute approximate surface area is 134 Å². The van der Waals surface area contributed by atoms with Gasteiger partial charge in [-0.25, -0.2) is 4.98 Å². The Kier molecular flexibility index (Phi) is 3.19. The molecule has 0 spiro atoms. The van der Waals surface area contributed by atoms with Crippen molar-refractivity contribution < 1.29 is 17.7 Å². The van der Waals surface area contributed by atoms with E-state index in [0.717, 1.165) is 12.3 Å². The first kappa shape index (κ1) is 14.9. The van der Waals surface area contributed by atoms with E-state index in [2.05, 4.69) is 20.1 Å². The molecule has 0 radical (unpaired) electrons. The molecule has 0 amide bonds. The zero-order valence-corrected chi connectivity index (χ0v) is 12.6. The van der Waals surface area contributed by atoms with Crippen LogP contribution in [0.2, 0.25) is 0 Å². The van der Waals surface area contributed by atoms with Gasteiger partial charge in [0.05, 0.1) is 11.3 Å². The fourth-order valence-corrected chi connectivity index (χ4v) is 2.91. The van der Waals surface area contributed by atoms with Gasteiger partial charge >= 0.3 is 6.18 Å². The van der Waals surface area contributed by atoms with Crippen LogP contribution in [0.3, 0.4) is 0 Å². The predicted molar refractivity (Wildman–Crippen MR) is 78.3 cm³/mol. The van der Waals surface area contributed by atoms with Crippen LogP contribution in [0.4, 0.5) is 19.0 Å². The Balaban J connectivity index is 1.74. The van der Waals surface area contributed by atoms with Crippen molar-refractivity contribution in [3.63, 3.8) is 0 Å². The minimum Gasteiger partial charge on any atom is -0.351 e. The van der Waals surface area contributed by atoms with Crippen molar-refractivity contribution in [2.24, 2.45) is 0 Å². The largest absolute Gasteiger partial charge is 0.417 e. The van der Waals surface area contributed by atoms with E-state index in [-0.39, 0.29) is 0 Å². The second kappa shape index (κ2) is 5.15. The van der Waals surface area contributed by atoms with Crippen LogP contribution in [0.15, 0.2) is 23.1 Å². The number of rotatable bonds is 1. The van der Waals surface area contributed by atoms with Crippen LogP contribution in [-0.4, -0.2) is 26.7 Å². The molecular weight excluding hydrogens is 323 g/mol. The Morgan fingerprint density at radius 3 is 2.83 bits per heavy atom. The fraction of sp³-hybridized carbons (Fsp3) is 0.333. The van der Waals surface area contributed by atoms with Gasteiger partial charge in [-0.3, -0.25) is 4.98 Å². The number of aromatic nitrogens is 4. The Morgan fingerprint density at radius 1 is 1.21 bits per heavy atom. The zero-order valence-electron chi connectivity index (χ0n) is 12.6. The molecule has 0 bridgehead atoms. The second-order valence-corrected chi connectivity index (χ2v) is 5.64. The van der Waals surface area contributed by atoms with Crippen molar-refractivity contribution in [3.8, 4) is 0 Å². The number of halogens is 3. The SMILES string of the molecule is Cc1noc2ncnc(N3CCc4ncc(C(F)(F)F)cc4C3)c12. The molecule has 0 aliphatic carbocycles. The highest BCUT2D eigenvalue weighted by atomic mass is 19.4. The van der Waals surface area contributed by atoms with Crippen LogP contribution in [0.1, 0.15) is 22.5 Å². The molecule has 1 aliphatic rings. The molecule has 0 fully saturated rings. The van der Waals surface area contributed by atoms with E-state index in [0.29, 0.717) is 53.4 Å². The lowest BCUT2D eigenvalue weighted by Gasteiger charge is -2.29. The summed E-state index contributed by atoms with van der Waals surface area (Å²) in [6.45, 7) is 2.67. The first-order valence-corrected chi connectivity index (χ1v) is 7.30. The summed E-state index contributed by atoms with van der Waals surface area (Å²) in [6, 6.07) is 1.16. The van der Waals surface area contributed by atoms with Crippen molar-refractivity contribution in [1.29, 1.82) is 0 Å². The molecule has 0 saturated heterocycles. The van der Waals surface area contributed by atoms with Crippen molar-refractivity contribution >= 4 is 16.9 Å². The van der Waals surface area contributed by atoms with E-state index < -0.39 is 11.7 Å². The number of alkyl halides is 3. The highest BCUT2D eigenvalue weighted by molar-refractivity contribution is 5.87. The third-order valence-corrected chi connectivity index (χ3v) is 4.09. The molecule has 4 heterocycles. The average molecular weight is 335 g/mol. The summed E-state index contributed by atoms with van der Waals surface area (Å²) in [4.78, 5) is 14.2. The summed E-state index contributed by atoms with van der Waals surface area (Å²) in [6.07, 6.45) is -1.61. The molecule has 1 aliphatic heterocycles. The molecule has 4 rings (SSSR count). The third-order valence-electron chi connectivity index (χ3n) is 4.09. The lowest BCUT2D eigenvalue weighted by Crippen LogP contribution is -2.32. The van der Waals surface area contributed by atoms with E-state index in [1.54, 1.807) is 6.92 Å². The molecule has 3 aromatic rings. The van der Waals surface area contributed by atoms with Gasteiger partial charge < -0.3 is 9.42 Å². The number of fused-ring (bicyclic) bond motifs is 2. The molecule has 0 aromatic carbocycles. The highest BCUT2D eigenvalue weighted by Crippen LogP contribution is 2.33. The van der Waals surface area contributed by atoms with Gasteiger partial charge in [0.15, 0.2) is 0 Å². The van der Waals surface area contributed by atoms with Crippen LogP contribution in [0, 0.1) is 6.92 Å². The standard InChI is InChI=1S/C15H12F3N5O/c1-8-12-13(20-7-21-14(12)24-22-8)23-3-2-11-9(6-23)4-10(5-19-11)15(16,17)18/h4-5,7H,2-3,6H2,1H3. The van der Waals surface area contributed by atoms with E-state index in [9.17, 15) is 13.2 Å². The molecule has 0 saturated carbocycles. The molecule has 0 unspecified atom stereocenters. The van der Waals surface area contributed by atoms with E-state index in [1.807, 2.05) is 4.90 Å². The lowest BCUT2D eigenvalue weighted by molar-refractivity contribution is -0.137. The fourth-order valence-electron chi connectivity index (χ4n) is 2.91. The Hall–Kier alpha value is -2.71. The van der Waals surface area contributed by atoms with Gasteiger partial charge in [-0.15, -0.1) is 0 Å². The molecule has 9 heteroatoms. The number of anilines is 1. The lowest BCUT2D eigenvalue weighted by atomic mass is 10.0. The minimum absolute atomic E-state index is 0.295. The quantitative estimate of drug-likeness (QED) is 0.681. The molecule has 3 aromatic heterocycles. The summed E-state index contributed by atoms with van der Waals surface area (Å²) < 4.78 is 43.8. The average Bonchev–Trinajstić information content (AvgIpc) is 2.94. The molecule has 24 heavy (non-hydrogen) atoms. The second-order valence-electron chi connectivity index (χ2n) is 5.64. The number of hydrogen-bond donors (Lipinski definition) is 0. The van der Waals surface area contributed by atoms with Gasteiger partial charge in [-0.2, -0.15) is 18.2 Å². The molecule has 0 atom stereocenters. The van der Waals surface area contributed by atoms with Gasteiger partial charge in [0.2, 0.25) is 0 Å². The first-order valence-electron chi connectivity index (χ1n) is 7.30. The highest BCUT2D eigenvalue weighted by Gasteiger charge is 2.32. The molecular formula is C15H12F3N5O. The number of hydrogen-bond acceptors (Lipinski definition) is 6. The van der Waals surface area contributed by atoms with Crippen molar-refractivity contribution in [1.82, 2.24) is 20.1 Å². The summed E-state index contributed by atoms with van der Waals surface area (Å²) in [7, 11) is 0. The van der Waals surface area contributed by atoms with Crippen molar-refractivity contribution in [2.75, 3.05) is 11.4 Å². The van der Waals surface area contributed by atoms with Crippen molar-refractivity contribution in [2.45, 2.75) is 26.1 Å². The van der Waals surface area contributed by atoms with E-state index >= 15 is 0 Å². The van der Waals surface area contributed by atoms with Crippen LogP contribution in [0.25, 0.3) is 11.1 Å². The summed E-state index contributed by atoms with van der Waals surface area (Å²) >= 11 is 0. The van der Waals surface area contributed by atoms with Crippen LogP contribution in [0.5, 0.6) is 0 Å². The predicted octanol–water partition coefficient (Wildman–Crippen LogP) is 2.90. The number of aryl methyl sites for hydroxylation is 1. The summed E-state index contributed by atoms with van der Waals surface area (Å²) in [5.41, 5.74) is 1.51. The van der Waals surface area contributed by atoms with Gasteiger partial charge in [-0.1, -0.05) is 5.16 Å². The van der Waals surface area contributed by atoms with Crippen LogP contribution < -0.4 is 4.90 Å². The topological polar surface area (TPSA) is 67.9 Å². The monoisotopic (exact) mass is 335 g/mol. The van der Waals surface area contributed by atoms with Crippen LogP contribution in [-0.2, 0) is 19.1 Å². The van der Waals surface area contributed by atoms with Gasteiger partial charge in [0.1, 0.15) is 17.5 Å². The number of pyridine rings is 1. The molecule has 124 valence electrons. The summed E-state index contributed by atoms with van der Waals surface area (Å²) in [5, 5.41) is 4.56.